The van der Waals surface area contributed by atoms with Gasteiger partial charge in [-0.1, -0.05) is 32.1 Å². The maximum atomic E-state index is 13.1. The zero-order chi connectivity index (χ0) is 13.8. The average molecular weight is 248 g/mol. The number of aryl methyl sites for hydroxylation is 1. The molecule has 2 atom stereocenters. The molecule has 0 saturated heterocycles. The van der Waals surface area contributed by atoms with E-state index in [9.17, 15) is 9.50 Å². The second-order valence-corrected chi connectivity index (χ2v) is 5.21. The number of benzene rings is 1. The van der Waals surface area contributed by atoms with E-state index < -0.39 is 5.60 Å². The average Bonchev–Trinajstić information content (AvgIpc) is 2.30. The lowest BCUT2D eigenvalue weighted by atomic mass is 9.92. The monoisotopic (exact) mass is 248 g/mol. The number of rotatable bonds is 3. The van der Waals surface area contributed by atoms with Gasteiger partial charge in [-0.25, -0.2) is 4.39 Å². The summed E-state index contributed by atoms with van der Waals surface area (Å²) in [5.41, 5.74) is 0.319. The first-order chi connectivity index (χ1) is 8.34. The Hall–Kier alpha value is -1.33. The summed E-state index contributed by atoms with van der Waals surface area (Å²) in [5.74, 6) is 5.99. The second kappa shape index (κ2) is 6.02. The van der Waals surface area contributed by atoms with E-state index in [2.05, 4.69) is 25.7 Å². The first-order valence-electron chi connectivity index (χ1n) is 6.36. The van der Waals surface area contributed by atoms with Gasteiger partial charge in [-0.2, -0.15) is 0 Å². The van der Waals surface area contributed by atoms with Crippen molar-refractivity contribution in [1.82, 2.24) is 0 Å². The van der Waals surface area contributed by atoms with Crippen molar-refractivity contribution in [3.8, 4) is 11.8 Å². The molecule has 0 aliphatic heterocycles. The molecule has 1 N–H and O–H groups in total. The van der Waals surface area contributed by atoms with Crippen molar-refractivity contribution in [2.45, 2.75) is 46.1 Å². The minimum absolute atomic E-state index is 0.230. The van der Waals surface area contributed by atoms with Crippen LogP contribution in [0.5, 0.6) is 0 Å². The number of halogens is 1. The first-order valence-corrected chi connectivity index (χ1v) is 6.36. The fourth-order valence-electron chi connectivity index (χ4n) is 1.80. The van der Waals surface area contributed by atoms with Crippen molar-refractivity contribution in [3.05, 3.63) is 35.1 Å². The third kappa shape index (κ3) is 4.50. The summed E-state index contributed by atoms with van der Waals surface area (Å²) in [6.07, 6.45) is 1.67. The standard InChI is InChI=1S/C16H21FO/c1-5-12(2)11-16(4,18)9-8-14-6-7-15(17)13(3)10-14/h6-7,10,12,18H,5,11H2,1-4H3. The van der Waals surface area contributed by atoms with E-state index in [1.165, 1.54) is 6.07 Å². The fraction of sp³-hybridized carbons (Fsp3) is 0.500. The van der Waals surface area contributed by atoms with Crippen molar-refractivity contribution in [2.75, 3.05) is 0 Å². The summed E-state index contributed by atoms with van der Waals surface area (Å²) in [6, 6.07) is 4.74. The fourth-order valence-corrected chi connectivity index (χ4v) is 1.80. The molecule has 1 rings (SSSR count). The Morgan fingerprint density at radius 2 is 2.11 bits per heavy atom. The smallest absolute Gasteiger partial charge is 0.126 e. The number of aliphatic hydroxyl groups is 1. The lowest BCUT2D eigenvalue weighted by Crippen LogP contribution is -2.24. The van der Waals surface area contributed by atoms with Crippen molar-refractivity contribution in [3.63, 3.8) is 0 Å². The quantitative estimate of drug-likeness (QED) is 0.809. The third-order valence-electron chi connectivity index (χ3n) is 3.08. The van der Waals surface area contributed by atoms with Crippen LogP contribution in [0.2, 0.25) is 0 Å². The van der Waals surface area contributed by atoms with Gasteiger partial charge in [0.25, 0.3) is 0 Å². The summed E-state index contributed by atoms with van der Waals surface area (Å²) in [5, 5.41) is 10.2. The topological polar surface area (TPSA) is 20.2 Å². The molecule has 18 heavy (non-hydrogen) atoms. The maximum Gasteiger partial charge on any atom is 0.126 e. The van der Waals surface area contributed by atoms with Crippen LogP contribution in [0.25, 0.3) is 0 Å². The zero-order valence-corrected chi connectivity index (χ0v) is 11.5. The highest BCUT2D eigenvalue weighted by Gasteiger charge is 2.19. The van der Waals surface area contributed by atoms with E-state index in [1.807, 2.05) is 0 Å². The normalized spacial score (nSPS) is 15.4. The molecular weight excluding hydrogens is 227 g/mol. The maximum absolute atomic E-state index is 13.1. The summed E-state index contributed by atoms with van der Waals surface area (Å²) < 4.78 is 13.1. The van der Waals surface area contributed by atoms with Gasteiger partial charge in [-0.05, 0) is 49.9 Å². The lowest BCUT2D eigenvalue weighted by Gasteiger charge is -2.20. The van der Waals surface area contributed by atoms with Gasteiger partial charge >= 0.3 is 0 Å². The van der Waals surface area contributed by atoms with Crippen molar-refractivity contribution in [1.29, 1.82) is 0 Å². The van der Waals surface area contributed by atoms with E-state index >= 15 is 0 Å². The van der Waals surface area contributed by atoms with Crippen LogP contribution in [0.3, 0.4) is 0 Å². The largest absolute Gasteiger partial charge is 0.378 e. The van der Waals surface area contributed by atoms with E-state index in [0.717, 1.165) is 12.0 Å². The van der Waals surface area contributed by atoms with Gasteiger partial charge in [0.05, 0.1) is 0 Å². The Morgan fingerprint density at radius 1 is 1.44 bits per heavy atom. The van der Waals surface area contributed by atoms with Crippen molar-refractivity contribution in [2.24, 2.45) is 5.92 Å². The van der Waals surface area contributed by atoms with E-state index in [-0.39, 0.29) is 5.82 Å². The molecule has 1 aromatic carbocycles. The van der Waals surface area contributed by atoms with Gasteiger partial charge in [-0.3, -0.25) is 0 Å². The van der Waals surface area contributed by atoms with Crippen LogP contribution >= 0.6 is 0 Å². The molecule has 0 aromatic heterocycles. The van der Waals surface area contributed by atoms with Crippen LogP contribution < -0.4 is 0 Å². The molecule has 0 amide bonds. The molecule has 1 nitrogen and oxygen atoms in total. The van der Waals surface area contributed by atoms with E-state index in [1.54, 1.807) is 26.0 Å². The van der Waals surface area contributed by atoms with Gasteiger partial charge in [-0.15, -0.1) is 0 Å². The SMILES string of the molecule is CCC(C)CC(C)(O)C#Cc1ccc(F)c(C)c1. The molecule has 2 heteroatoms. The molecule has 0 aliphatic rings. The first kappa shape index (κ1) is 14.7. The van der Waals surface area contributed by atoms with Gasteiger partial charge in [0.15, 0.2) is 0 Å². The Balaban J connectivity index is 2.83. The van der Waals surface area contributed by atoms with Crippen LogP contribution in [-0.4, -0.2) is 10.7 Å². The van der Waals surface area contributed by atoms with Gasteiger partial charge in [0.2, 0.25) is 0 Å². The summed E-state index contributed by atoms with van der Waals surface area (Å²) >= 11 is 0. The molecule has 0 aliphatic carbocycles. The lowest BCUT2D eigenvalue weighted by molar-refractivity contribution is 0.0939. The Morgan fingerprint density at radius 3 is 2.67 bits per heavy atom. The Kier molecular flexibility index (Phi) is 4.93. The van der Waals surface area contributed by atoms with Crippen molar-refractivity contribution < 1.29 is 9.50 Å². The molecule has 2 unspecified atom stereocenters. The minimum Gasteiger partial charge on any atom is -0.378 e. The van der Waals surface area contributed by atoms with E-state index in [0.29, 0.717) is 17.9 Å². The van der Waals surface area contributed by atoms with Crippen LogP contribution in [0.15, 0.2) is 18.2 Å². The highest BCUT2D eigenvalue weighted by atomic mass is 19.1. The van der Waals surface area contributed by atoms with Crippen molar-refractivity contribution >= 4 is 0 Å². The second-order valence-electron chi connectivity index (χ2n) is 5.21. The Labute approximate surface area is 109 Å². The number of hydrogen-bond donors (Lipinski definition) is 1. The van der Waals surface area contributed by atoms with Crippen LogP contribution in [-0.2, 0) is 0 Å². The molecule has 0 saturated carbocycles. The highest BCUT2D eigenvalue weighted by Crippen LogP contribution is 2.18. The van der Waals surface area contributed by atoms with Gasteiger partial charge in [0, 0.05) is 5.56 Å². The summed E-state index contributed by atoms with van der Waals surface area (Å²) in [6.45, 7) is 7.62. The molecule has 0 heterocycles. The van der Waals surface area contributed by atoms with Gasteiger partial charge < -0.3 is 5.11 Å². The van der Waals surface area contributed by atoms with Crippen LogP contribution in [0, 0.1) is 30.5 Å². The molecule has 1 aromatic rings. The van der Waals surface area contributed by atoms with Gasteiger partial charge in [0.1, 0.15) is 11.4 Å². The molecule has 0 radical (unpaired) electrons. The molecule has 0 bridgehead atoms. The molecule has 0 spiro atoms. The summed E-state index contributed by atoms with van der Waals surface area (Å²) in [4.78, 5) is 0. The van der Waals surface area contributed by atoms with Crippen LogP contribution in [0.4, 0.5) is 4.39 Å². The third-order valence-corrected chi connectivity index (χ3v) is 3.08. The zero-order valence-electron chi connectivity index (χ0n) is 11.5. The number of hydrogen-bond acceptors (Lipinski definition) is 1. The van der Waals surface area contributed by atoms with E-state index in [4.69, 9.17) is 0 Å². The molecule has 98 valence electrons. The molecular formula is C16H21FO. The Bertz CT molecular complexity index is 466. The predicted molar refractivity (Wildman–Crippen MR) is 72.7 cm³/mol. The minimum atomic E-state index is -0.988. The summed E-state index contributed by atoms with van der Waals surface area (Å²) in [7, 11) is 0. The molecule has 0 fully saturated rings. The van der Waals surface area contributed by atoms with Crippen LogP contribution in [0.1, 0.15) is 44.7 Å². The predicted octanol–water partition coefficient (Wildman–Crippen LogP) is 3.67. The highest BCUT2D eigenvalue weighted by molar-refractivity contribution is 5.38.